The SMILES string of the molecule is COC(=O)C1=C(N)OC2=C(C(=O)CCC2)C1c1ccccc1. The summed E-state index contributed by atoms with van der Waals surface area (Å²) in [5.74, 6) is -0.491. The highest BCUT2D eigenvalue weighted by Gasteiger charge is 2.40. The lowest BCUT2D eigenvalue weighted by Gasteiger charge is -2.32. The van der Waals surface area contributed by atoms with Crippen LogP contribution >= 0.6 is 0 Å². The van der Waals surface area contributed by atoms with E-state index in [0.29, 0.717) is 24.2 Å². The number of Topliss-reactive ketones (excluding diaryl/α,β-unsaturated/α-hetero) is 1. The van der Waals surface area contributed by atoms with Gasteiger partial charge in [0.2, 0.25) is 5.88 Å². The van der Waals surface area contributed by atoms with Crippen LogP contribution in [0.1, 0.15) is 30.7 Å². The van der Waals surface area contributed by atoms with E-state index in [-0.39, 0.29) is 17.2 Å². The Morgan fingerprint density at radius 3 is 2.68 bits per heavy atom. The van der Waals surface area contributed by atoms with Crippen LogP contribution in [0.2, 0.25) is 0 Å². The number of allylic oxidation sites excluding steroid dienone is 2. The van der Waals surface area contributed by atoms with E-state index in [1.807, 2.05) is 30.3 Å². The Hall–Kier alpha value is -2.56. The smallest absolute Gasteiger partial charge is 0.340 e. The molecule has 3 rings (SSSR count). The van der Waals surface area contributed by atoms with Gasteiger partial charge in [0, 0.05) is 18.4 Å². The van der Waals surface area contributed by atoms with E-state index in [1.165, 1.54) is 7.11 Å². The Morgan fingerprint density at radius 1 is 1.27 bits per heavy atom. The van der Waals surface area contributed by atoms with E-state index in [0.717, 1.165) is 12.0 Å². The van der Waals surface area contributed by atoms with Crippen molar-refractivity contribution in [1.29, 1.82) is 0 Å². The molecule has 0 aromatic heterocycles. The average molecular weight is 299 g/mol. The van der Waals surface area contributed by atoms with Crippen molar-refractivity contribution >= 4 is 11.8 Å². The summed E-state index contributed by atoms with van der Waals surface area (Å²) in [7, 11) is 1.29. The van der Waals surface area contributed by atoms with E-state index in [2.05, 4.69) is 0 Å². The predicted octanol–water partition coefficient (Wildman–Crippen LogP) is 2.15. The summed E-state index contributed by atoms with van der Waals surface area (Å²) in [5, 5.41) is 0. The average Bonchev–Trinajstić information content (AvgIpc) is 2.54. The predicted molar refractivity (Wildman–Crippen MR) is 79.4 cm³/mol. The molecule has 0 radical (unpaired) electrons. The molecule has 2 aliphatic rings. The maximum absolute atomic E-state index is 12.4. The van der Waals surface area contributed by atoms with Crippen molar-refractivity contribution in [2.45, 2.75) is 25.2 Å². The van der Waals surface area contributed by atoms with Crippen molar-refractivity contribution in [1.82, 2.24) is 0 Å². The lowest BCUT2D eigenvalue weighted by Crippen LogP contribution is -2.31. The molecule has 0 bridgehead atoms. The molecule has 1 aromatic rings. The molecular formula is C17H17NO4. The van der Waals surface area contributed by atoms with Crippen LogP contribution in [-0.2, 0) is 19.1 Å². The fraction of sp³-hybridized carbons (Fsp3) is 0.294. The first-order valence-electron chi connectivity index (χ1n) is 7.20. The van der Waals surface area contributed by atoms with Gasteiger partial charge in [-0.15, -0.1) is 0 Å². The van der Waals surface area contributed by atoms with Crippen LogP contribution in [0.15, 0.2) is 53.1 Å². The standard InChI is InChI=1S/C17H17NO4/c1-21-17(20)15-13(10-6-3-2-4-7-10)14-11(19)8-5-9-12(14)22-16(15)18/h2-4,6-7,13H,5,8-9,18H2,1H3. The molecule has 2 N–H and O–H groups in total. The molecule has 1 aliphatic carbocycles. The zero-order valence-electron chi connectivity index (χ0n) is 12.3. The molecule has 5 heteroatoms. The van der Waals surface area contributed by atoms with Crippen molar-refractivity contribution in [3.63, 3.8) is 0 Å². The number of ether oxygens (including phenoxy) is 2. The van der Waals surface area contributed by atoms with Crippen molar-refractivity contribution in [3.05, 3.63) is 58.7 Å². The number of ketones is 1. The van der Waals surface area contributed by atoms with E-state index in [4.69, 9.17) is 15.2 Å². The summed E-state index contributed by atoms with van der Waals surface area (Å²) in [6.07, 6.45) is 1.85. The highest BCUT2D eigenvalue weighted by atomic mass is 16.5. The van der Waals surface area contributed by atoms with Gasteiger partial charge in [0.05, 0.1) is 13.0 Å². The van der Waals surface area contributed by atoms with Gasteiger partial charge in [0.25, 0.3) is 0 Å². The zero-order chi connectivity index (χ0) is 15.7. The molecule has 0 amide bonds. The number of benzene rings is 1. The monoisotopic (exact) mass is 299 g/mol. The van der Waals surface area contributed by atoms with Crippen LogP contribution in [0.25, 0.3) is 0 Å². The highest BCUT2D eigenvalue weighted by molar-refractivity contribution is 6.03. The maximum atomic E-state index is 12.4. The summed E-state index contributed by atoms with van der Waals surface area (Å²) in [4.78, 5) is 24.6. The first-order chi connectivity index (χ1) is 10.6. The van der Waals surface area contributed by atoms with Crippen molar-refractivity contribution in [3.8, 4) is 0 Å². The molecule has 0 saturated carbocycles. The molecule has 22 heavy (non-hydrogen) atoms. The Labute approximate surface area is 128 Å². The molecule has 1 atom stereocenters. The Morgan fingerprint density at radius 2 is 2.00 bits per heavy atom. The first-order valence-corrected chi connectivity index (χ1v) is 7.20. The van der Waals surface area contributed by atoms with Gasteiger partial charge in [-0.05, 0) is 12.0 Å². The summed E-state index contributed by atoms with van der Waals surface area (Å²) in [6.45, 7) is 0. The minimum absolute atomic E-state index is 0.00371. The van der Waals surface area contributed by atoms with Crippen LogP contribution in [0.4, 0.5) is 0 Å². The number of carbonyl (C=O) groups excluding carboxylic acids is 2. The fourth-order valence-electron chi connectivity index (χ4n) is 3.04. The van der Waals surface area contributed by atoms with Gasteiger partial charge in [0.1, 0.15) is 11.3 Å². The van der Waals surface area contributed by atoms with Crippen LogP contribution in [0, 0.1) is 0 Å². The second-order valence-corrected chi connectivity index (χ2v) is 5.33. The van der Waals surface area contributed by atoms with Gasteiger partial charge in [0.15, 0.2) is 5.78 Å². The van der Waals surface area contributed by atoms with Crippen molar-refractivity contribution in [2.75, 3.05) is 7.11 Å². The van der Waals surface area contributed by atoms with Gasteiger partial charge >= 0.3 is 5.97 Å². The molecule has 114 valence electrons. The fourth-order valence-corrected chi connectivity index (χ4v) is 3.04. The number of rotatable bonds is 2. The number of esters is 1. The zero-order valence-corrected chi connectivity index (χ0v) is 12.3. The quantitative estimate of drug-likeness (QED) is 0.847. The summed E-state index contributed by atoms with van der Waals surface area (Å²) < 4.78 is 10.4. The molecule has 1 aromatic carbocycles. The van der Waals surface area contributed by atoms with Crippen LogP contribution in [0.3, 0.4) is 0 Å². The highest BCUT2D eigenvalue weighted by Crippen LogP contribution is 2.43. The Kier molecular flexibility index (Phi) is 3.71. The molecular weight excluding hydrogens is 282 g/mol. The minimum atomic E-state index is -0.573. The largest absolute Gasteiger partial charge is 0.465 e. The van der Waals surface area contributed by atoms with Crippen LogP contribution < -0.4 is 5.73 Å². The van der Waals surface area contributed by atoms with Crippen LogP contribution in [0.5, 0.6) is 0 Å². The molecule has 0 saturated heterocycles. The molecule has 1 aliphatic heterocycles. The van der Waals surface area contributed by atoms with Crippen molar-refractivity contribution < 1.29 is 19.1 Å². The normalized spacial score (nSPS) is 21.3. The van der Waals surface area contributed by atoms with Gasteiger partial charge in [-0.25, -0.2) is 4.79 Å². The number of hydrogen-bond acceptors (Lipinski definition) is 5. The molecule has 0 fully saturated rings. The lowest BCUT2D eigenvalue weighted by molar-refractivity contribution is -0.136. The Balaban J connectivity index is 2.18. The van der Waals surface area contributed by atoms with Crippen molar-refractivity contribution in [2.24, 2.45) is 5.73 Å². The third-order valence-corrected chi connectivity index (χ3v) is 4.02. The molecule has 1 heterocycles. The van der Waals surface area contributed by atoms with Crippen LogP contribution in [-0.4, -0.2) is 18.9 Å². The number of nitrogens with two attached hydrogens (primary N) is 1. The molecule has 5 nitrogen and oxygen atoms in total. The maximum Gasteiger partial charge on any atom is 0.340 e. The first kappa shape index (κ1) is 14.4. The molecule has 0 spiro atoms. The number of carbonyl (C=O) groups is 2. The van der Waals surface area contributed by atoms with Gasteiger partial charge in [-0.1, -0.05) is 30.3 Å². The second-order valence-electron chi connectivity index (χ2n) is 5.33. The third kappa shape index (κ3) is 2.28. The topological polar surface area (TPSA) is 78.6 Å². The lowest BCUT2D eigenvalue weighted by atomic mass is 9.77. The number of hydrogen-bond donors (Lipinski definition) is 1. The minimum Gasteiger partial charge on any atom is -0.465 e. The van der Waals surface area contributed by atoms with E-state index in [9.17, 15) is 9.59 Å². The summed E-state index contributed by atoms with van der Waals surface area (Å²) in [6, 6.07) is 9.36. The molecule has 1 unspecified atom stereocenters. The third-order valence-electron chi connectivity index (χ3n) is 4.02. The van der Waals surface area contributed by atoms with Gasteiger partial charge in [-0.3, -0.25) is 4.79 Å². The summed E-state index contributed by atoms with van der Waals surface area (Å²) >= 11 is 0. The van der Waals surface area contributed by atoms with Gasteiger partial charge < -0.3 is 15.2 Å². The Bertz CT molecular complexity index is 688. The second kappa shape index (κ2) is 5.67. The number of methoxy groups -OCH3 is 1. The van der Waals surface area contributed by atoms with E-state index >= 15 is 0 Å². The van der Waals surface area contributed by atoms with E-state index < -0.39 is 11.9 Å². The van der Waals surface area contributed by atoms with Gasteiger partial charge in [-0.2, -0.15) is 0 Å². The summed E-state index contributed by atoms with van der Waals surface area (Å²) in [5.41, 5.74) is 7.51. The van der Waals surface area contributed by atoms with E-state index in [1.54, 1.807) is 0 Å².